The number of carboxylic acid groups (broad SMARTS) is 1. The molecule has 2 aromatic rings. The summed E-state index contributed by atoms with van der Waals surface area (Å²) in [5.41, 5.74) is 0.413. The molecule has 1 aliphatic heterocycles. The van der Waals surface area contributed by atoms with E-state index in [1.807, 2.05) is 0 Å². The summed E-state index contributed by atoms with van der Waals surface area (Å²) in [6.45, 7) is 0.0213. The quantitative estimate of drug-likeness (QED) is 0.235. The maximum Gasteiger partial charge on any atom is 0.303 e. The van der Waals surface area contributed by atoms with Gasteiger partial charge in [0.2, 0.25) is 0 Å². The van der Waals surface area contributed by atoms with Gasteiger partial charge in [-0.1, -0.05) is 30.3 Å². The summed E-state index contributed by atoms with van der Waals surface area (Å²) < 4.78 is 0. The van der Waals surface area contributed by atoms with Crippen LogP contribution in [0.15, 0.2) is 60.2 Å². The first-order valence-corrected chi connectivity index (χ1v) is 9.11. The van der Waals surface area contributed by atoms with Crippen molar-refractivity contribution in [2.75, 3.05) is 6.54 Å². The van der Waals surface area contributed by atoms with E-state index in [0.29, 0.717) is 5.56 Å². The van der Waals surface area contributed by atoms with Gasteiger partial charge in [-0.3, -0.25) is 24.5 Å². The third kappa shape index (κ3) is 4.04. The predicted octanol–water partition coefficient (Wildman–Crippen LogP) is 2.88. The minimum atomic E-state index is -1.02. The van der Waals surface area contributed by atoms with Crippen LogP contribution in [0.1, 0.15) is 30.0 Å². The van der Waals surface area contributed by atoms with E-state index in [-0.39, 0.29) is 36.2 Å². The molecule has 1 fully saturated rings. The van der Waals surface area contributed by atoms with Gasteiger partial charge in [0.1, 0.15) is 5.76 Å². The predicted molar refractivity (Wildman–Crippen MR) is 105 cm³/mol. The lowest BCUT2D eigenvalue weighted by Crippen LogP contribution is -2.31. The molecule has 1 atom stereocenters. The molecule has 1 unspecified atom stereocenters. The number of Topliss-reactive ketones (excluding diaryl/α,β-unsaturated/α-hetero) is 1. The van der Waals surface area contributed by atoms with Gasteiger partial charge in [0.25, 0.3) is 17.4 Å². The number of nitro benzene ring substituents is 1. The molecular formula is C21H18N2O7. The minimum absolute atomic E-state index is 0.0213. The Bertz CT molecular complexity index is 1030. The molecule has 1 saturated heterocycles. The third-order valence-electron chi connectivity index (χ3n) is 4.80. The summed E-state index contributed by atoms with van der Waals surface area (Å²) in [6, 6.07) is 12.7. The number of hydrogen-bond acceptors (Lipinski definition) is 6. The van der Waals surface area contributed by atoms with E-state index in [2.05, 4.69) is 0 Å². The summed E-state index contributed by atoms with van der Waals surface area (Å²) in [6.07, 6.45) is -0.0316. The summed E-state index contributed by atoms with van der Waals surface area (Å²) in [7, 11) is 0. The van der Waals surface area contributed by atoms with Gasteiger partial charge >= 0.3 is 5.97 Å². The molecule has 2 aromatic carbocycles. The van der Waals surface area contributed by atoms with Crippen LogP contribution in [0.4, 0.5) is 5.69 Å². The average Bonchev–Trinajstić information content (AvgIpc) is 2.98. The van der Waals surface area contributed by atoms with Gasteiger partial charge in [0, 0.05) is 30.7 Å². The van der Waals surface area contributed by atoms with Gasteiger partial charge in [-0.2, -0.15) is 0 Å². The SMILES string of the molecule is O=C(O)CCCN1C(=O)C(=O)/C(=C(\O)c2ccc([N+](=O)[O-])cc2)C1c1ccccc1. The molecule has 1 aliphatic rings. The molecular weight excluding hydrogens is 392 g/mol. The Morgan fingerprint density at radius 3 is 2.23 bits per heavy atom. The van der Waals surface area contributed by atoms with E-state index >= 15 is 0 Å². The van der Waals surface area contributed by atoms with Gasteiger partial charge in [-0.05, 0) is 24.1 Å². The number of carbonyl (C=O) groups is 3. The third-order valence-corrected chi connectivity index (χ3v) is 4.80. The number of nitro groups is 1. The number of aliphatic carboxylic acids is 1. The Morgan fingerprint density at radius 1 is 1.03 bits per heavy atom. The molecule has 2 N–H and O–H groups in total. The van der Waals surface area contributed by atoms with Crippen molar-refractivity contribution in [1.29, 1.82) is 0 Å². The number of aliphatic hydroxyl groups is 1. The molecule has 9 nitrogen and oxygen atoms in total. The van der Waals surface area contributed by atoms with E-state index in [1.54, 1.807) is 30.3 Å². The van der Waals surface area contributed by atoms with Crippen molar-refractivity contribution in [3.8, 4) is 0 Å². The lowest BCUT2D eigenvalue weighted by Gasteiger charge is -2.25. The van der Waals surface area contributed by atoms with Gasteiger partial charge < -0.3 is 15.1 Å². The highest BCUT2D eigenvalue weighted by Gasteiger charge is 2.45. The fourth-order valence-electron chi connectivity index (χ4n) is 3.39. The number of benzene rings is 2. The second kappa shape index (κ2) is 8.56. The lowest BCUT2D eigenvalue weighted by molar-refractivity contribution is -0.384. The largest absolute Gasteiger partial charge is 0.507 e. The first kappa shape index (κ1) is 20.7. The monoisotopic (exact) mass is 410 g/mol. The van der Waals surface area contributed by atoms with E-state index in [9.17, 15) is 29.6 Å². The Balaban J connectivity index is 2.06. The zero-order valence-corrected chi connectivity index (χ0v) is 15.7. The van der Waals surface area contributed by atoms with Crippen molar-refractivity contribution >= 4 is 29.1 Å². The Hall–Kier alpha value is -4.01. The second-order valence-electron chi connectivity index (χ2n) is 6.70. The minimum Gasteiger partial charge on any atom is -0.507 e. The lowest BCUT2D eigenvalue weighted by atomic mass is 9.95. The van der Waals surface area contributed by atoms with Crippen LogP contribution >= 0.6 is 0 Å². The van der Waals surface area contributed by atoms with Crippen molar-refractivity contribution in [3.05, 3.63) is 81.4 Å². The van der Waals surface area contributed by atoms with Gasteiger partial charge in [0.05, 0.1) is 16.5 Å². The number of non-ortho nitro benzene ring substituents is 1. The summed E-state index contributed by atoms with van der Waals surface area (Å²) in [5.74, 6) is -3.20. The molecule has 154 valence electrons. The Labute approximate surface area is 171 Å². The number of rotatable bonds is 7. The van der Waals surface area contributed by atoms with Crippen LogP contribution in [0, 0.1) is 10.1 Å². The number of hydrogen-bond donors (Lipinski definition) is 2. The second-order valence-corrected chi connectivity index (χ2v) is 6.70. The van der Waals surface area contributed by atoms with Crippen LogP contribution < -0.4 is 0 Å². The van der Waals surface area contributed by atoms with E-state index in [4.69, 9.17) is 5.11 Å². The number of carbonyl (C=O) groups excluding carboxylic acids is 2. The Morgan fingerprint density at radius 2 is 1.67 bits per heavy atom. The van der Waals surface area contributed by atoms with Crippen LogP contribution in [-0.4, -0.2) is 44.2 Å². The molecule has 0 spiro atoms. The van der Waals surface area contributed by atoms with E-state index in [0.717, 1.165) is 0 Å². The summed E-state index contributed by atoms with van der Waals surface area (Å²) >= 11 is 0. The van der Waals surface area contributed by atoms with Crippen LogP contribution in [0.25, 0.3) is 5.76 Å². The smallest absolute Gasteiger partial charge is 0.303 e. The highest BCUT2D eigenvalue weighted by atomic mass is 16.6. The van der Waals surface area contributed by atoms with Crippen molar-refractivity contribution in [3.63, 3.8) is 0 Å². The number of ketones is 1. The van der Waals surface area contributed by atoms with Crippen molar-refractivity contribution in [2.45, 2.75) is 18.9 Å². The van der Waals surface area contributed by atoms with Crippen molar-refractivity contribution < 1.29 is 29.5 Å². The van der Waals surface area contributed by atoms with Crippen LogP contribution in [0.5, 0.6) is 0 Å². The number of nitrogens with zero attached hydrogens (tertiary/aromatic N) is 2. The van der Waals surface area contributed by atoms with Crippen LogP contribution in [0.2, 0.25) is 0 Å². The van der Waals surface area contributed by atoms with Gasteiger partial charge in [-0.15, -0.1) is 0 Å². The zero-order valence-electron chi connectivity index (χ0n) is 15.7. The van der Waals surface area contributed by atoms with Gasteiger partial charge in [0.15, 0.2) is 0 Å². The Kier molecular flexibility index (Phi) is 5.91. The fourth-order valence-corrected chi connectivity index (χ4v) is 3.39. The molecule has 3 rings (SSSR count). The molecule has 1 amide bonds. The fraction of sp³-hybridized carbons (Fsp3) is 0.190. The van der Waals surface area contributed by atoms with Crippen molar-refractivity contribution in [1.82, 2.24) is 4.90 Å². The number of likely N-dealkylation sites (tertiary alicyclic amines) is 1. The highest BCUT2D eigenvalue weighted by Crippen LogP contribution is 2.39. The molecule has 0 aliphatic carbocycles. The standard InChI is InChI=1S/C21H18N2O7/c24-16(25)7-4-12-22-18(13-5-2-1-3-6-13)17(20(27)21(22)28)19(26)14-8-10-15(11-9-14)23(29)30/h1-3,5-6,8-11,18,26H,4,7,12H2,(H,24,25)/b19-17-. The first-order chi connectivity index (χ1) is 14.3. The summed E-state index contributed by atoms with van der Waals surface area (Å²) in [5, 5.41) is 30.5. The van der Waals surface area contributed by atoms with Crippen LogP contribution in [0.3, 0.4) is 0 Å². The topological polar surface area (TPSA) is 138 Å². The normalized spacial score (nSPS) is 17.9. The first-order valence-electron chi connectivity index (χ1n) is 9.11. The van der Waals surface area contributed by atoms with Crippen molar-refractivity contribution in [2.24, 2.45) is 0 Å². The molecule has 1 heterocycles. The van der Waals surface area contributed by atoms with E-state index < -0.39 is 34.4 Å². The number of carboxylic acids is 1. The van der Waals surface area contributed by atoms with E-state index in [1.165, 1.54) is 29.2 Å². The zero-order chi connectivity index (χ0) is 21.8. The molecule has 0 radical (unpaired) electrons. The molecule has 9 heteroatoms. The molecule has 30 heavy (non-hydrogen) atoms. The maximum absolute atomic E-state index is 12.8. The van der Waals surface area contributed by atoms with Crippen LogP contribution in [-0.2, 0) is 14.4 Å². The number of amides is 1. The molecule has 0 aromatic heterocycles. The molecule has 0 bridgehead atoms. The van der Waals surface area contributed by atoms with Gasteiger partial charge in [-0.25, -0.2) is 0 Å². The summed E-state index contributed by atoms with van der Waals surface area (Å²) in [4.78, 5) is 47.7. The maximum atomic E-state index is 12.8. The molecule has 0 saturated carbocycles. The number of aliphatic hydroxyl groups excluding tert-OH is 1. The highest BCUT2D eigenvalue weighted by molar-refractivity contribution is 6.46. The average molecular weight is 410 g/mol.